The molecule has 2 N–H and O–H groups in total. The van der Waals surface area contributed by atoms with Crippen molar-refractivity contribution in [3.05, 3.63) is 72.1 Å². The highest BCUT2D eigenvalue weighted by Crippen LogP contribution is 2.43. The molecule has 0 aliphatic rings. The highest BCUT2D eigenvalue weighted by molar-refractivity contribution is 5.80. The second-order valence-electron chi connectivity index (χ2n) is 10.0. The van der Waals surface area contributed by atoms with Crippen LogP contribution in [-0.2, 0) is 10.8 Å². The number of aromatic hydroxyl groups is 1. The zero-order valence-corrected chi connectivity index (χ0v) is 19.1. The van der Waals surface area contributed by atoms with E-state index in [0.717, 1.165) is 33.9 Å². The quantitative estimate of drug-likeness (QED) is 0.405. The summed E-state index contributed by atoms with van der Waals surface area (Å²) in [6.07, 6.45) is 3.70. The Morgan fingerprint density at radius 3 is 2.06 bits per heavy atom. The van der Waals surface area contributed by atoms with Gasteiger partial charge in [-0.2, -0.15) is 0 Å². The smallest absolute Gasteiger partial charge is 0.235 e. The number of imidazole rings is 1. The Hall–Kier alpha value is -3.34. The fraction of sp³-hybridized carbons (Fsp3) is 0.308. The summed E-state index contributed by atoms with van der Waals surface area (Å²) in [5.74, 6) is 1.83. The molecular weight excluding hydrogens is 384 g/mol. The second kappa shape index (κ2) is 7.41. The molecule has 0 spiro atoms. The molecule has 0 fully saturated rings. The average molecular weight is 415 g/mol. The molecule has 0 saturated carbocycles. The standard InChI is InChI=1S/C26H30N4O/c1-25(2,3)19-15-17(16-20(22(19)31)26(4,5)6)21-23(28-18-11-8-7-9-12-18)30-14-10-13-27-24(30)29-21/h7-16,28,31H,1-6H3. The Morgan fingerprint density at radius 1 is 0.871 bits per heavy atom. The minimum atomic E-state index is -0.218. The zero-order valence-electron chi connectivity index (χ0n) is 19.1. The van der Waals surface area contributed by atoms with Crippen LogP contribution in [0.25, 0.3) is 17.0 Å². The third-order valence-electron chi connectivity index (χ3n) is 5.44. The lowest BCUT2D eigenvalue weighted by Crippen LogP contribution is -2.17. The lowest BCUT2D eigenvalue weighted by molar-refractivity contribution is 0.423. The summed E-state index contributed by atoms with van der Waals surface area (Å²) in [5, 5.41) is 14.6. The molecule has 2 aromatic heterocycles. The highest BCUT2D eigenvalue weighted by Gasteiger charge is 2.28. The van der Waals surface area contributed by atoms with Crippen LogP contribution in [0.5, 0.6) is 5.75 Å². The number of phenolic OH excluding ortho intramolecular Hbond substituents is 1. The second-order valence-corrected chi connectivity index (χ2v) is 10.0. The van der Waals surface area contributed by atoms with Crippen molar-refractivity contribution < 1.29 is 5.11 Å². The first-order valence-electron chi connectivity index (χ1n) is 10.6. The van der Waals surface area contributed by atoms with Crippen molar-refractivity contribution in [2.45, 2.75) is 52.4 Å². The van der Waals surface area contributed by atoms with E-state index < -0.39 is 0 Å². The molecule has 2 aromatic carbocycles. The molecule has 0 aliphatic carbocycles. The Labute approximate surface area is 183 Å². The van der Waals surface area contributed by atoms with Gasteiger partial charge in [0.1, 0.15) is 17.3 Å². The number of fused-ring (bicyclic) bond motifs is 1. The van der Waals surface area contributed by atoms with Crippen LogP contribution in [-0.4, -0.2) is 19.5 Å². The van der Waals surface area contributed by atoms with Gasteiger partial charge in [-0.3, -0.25) is 4.40 Å². The molecule has 0 atom stereocenters. The van der Waals surface area contributed by atoms with Crippen LogP contribution in [0.15, 0.2) is 60.9 Å². The maximum atomic E-state index is 11.1. The maximum Gasteiger partial charge on any atom is 0.235 e. The molecule has 0 saturated heterocycles. The number of hydrogen-bond acceptors (Lipinski definition) is 4. The van der Waals surface area contributed by atoms with Crippen LogP contribution in [0.4, 0.5) is 11.5 Å². The Bertz CT molecular complexity index is 1190. The number of anilines is 2. The van der Waals surface area contributed by atoms with Gasteiger partial charge in [-0.25, -0.2) is 9.97 Å². The fourth-order valence-electron chi connectivity index (χ4n) is 3.78. The molecule has 0 aliphatic heterocycles. The van der Waals surface area contributed by atoms with E-state index in [4.69, 9.17) is 4.98 Å². The first kappa shape index (κ1) is 20.9. The Kier molecular flexibility index (Phi) is 5.00. The molecule has 5 heteroatoms. The van der Waals surface area contributed by atoms with Crippen molar-refractivity contribution in [2.75, 3.05) is 5.32 Å². The van der Waals surface area contributed by atoms with Gasteiger partial charge in [0.2, 0.25) is 5.78 Å². The number of benzene rings is 2. The van der Waals surface area contributed by atoms with Crippen molar-refractivity contribution in [3.63, 3.8) is 0 Å². The molecule has 160 valence electrons. The van der Waals surface area contributed by atoms with E-state index in [0.29, 0.717) is 11.5 Å². The minimum absolute atomic E-state index is 0.218. The summed E-state index contributed by atoms with van der Waals surface area (Å²) < 4.78 is 1.96. The first-order chi connectivity index (χ1) is 14.6. The van der Waals surface area contributed by atoms with Gasteiger partial charge in [-0.05, 0) is 41.2 Å². The molecule has 31 heavy (non-hydrogen) atoms. The number of rotatable bonds is 3. The molecular formula is C26H30N4O. The van der Waals surface area contributed by atoms with Crippen molar-refractivity contribution in [3.8, 4) is 17.0 Å². The van der Waals surface area contributed by atoms with E-state index in [9.17, 15) is 5.11 Å². The van der Waals surface area contributed by atoms with Crippen molar-refractivity contribution in [1.82, 2.24) is 14.4 Å². The summed E-state index contributed by atoms with van der Waals surface area (Å²) in [6, 6.07) is 16.1. The van der Waals surface area contributed by atoms with E-state index in [2.05, 4.69) is 64.0 Å². The summed E-state index contributed by atoms with van der Waals surface area (Å²) in [5.41, 5.74) is 4.11. The number of aromatic nitrogens is 3. The average Bonchev–Trinajstić information content (AvgIpc) is 3.06. The van der Waals surface area contributed by atoms with Gasteiger partial charge in [0.05, 0.1) is 0 Å². The van der Waals surface area contributed by atoms with Gasteiger partial charge in [-0.15, -0.1) is 0 Å². The Balaban J connectivity index is 2.00. The van der Waals surface area contributed by atoms with E-state index in [1.807, 2.05) is 47.0 Å². The van der Waals surface area contributed by atoms with Crippen LogP contribution < -0.4 is 5.32 Å². The largest absolute Gasteiger partial charge is 0.507 e. The zero-order chi connectivity index (χ0) is 22.4. The lowest BCUT2D eigenvalue weighted by atomic mass is 9.78. The molecule has 5 nitrogen and oxygen atoms in total. The molecule has 0 radical (unpaired) electrons. The maximum absolute atomic E-state index is 11.1. The lowest BCUT2D eigenvalue weighted by Gasteiger charge is -2.28. The third-order valence-corrected chi connectivity index (χ3v) is 5.44. The van der Waals surface area contributed by atoms with Crippen LogP contribution >= 0.6 is 0 Å². The van der Waals surface area contributed by atoms with E-state index in [1.54, 1.807) is 6.20 Å². The predicted octanol–water partition coefficient (Wildman–Crippen LogP) is 6.44. The van der Waals surface area contributed by atoms with Crippen molar-refractivity contribution in [1.29, 1.82) is 0 Å². The molecule has 0 amide bonds. The monoisotopic (exact) mass is 414 g/mol. The van der Waals surface area contributed by atoms with Crippen LogP contribution in [0, 0.1) is 0 Å². The fourth-order valence-corrected chi connectivity index (χ4v) is 3.78. The van der Waals surface area contributed by atoms with E-state index in [-0.39, 0.29) is 10.8 Å². The first-order valence-corrected chi connectivity index (χ1v) is 10.6. The minimum Gasteiger partial charge on any atom is -0.507 e. The van der Waals surface area contributed by atoms with Gasteiger partial charge < -0.3 is 10.4 Å². The van der Waals surface area contributed by atoms with Gasteiger partial charge in [0.15, 0.2) is 0 Å². The van der Waals surface area contributed by atoms with Crippen LogP contribution in [0.1, 0.15) is 52.7 Å². The van der Waals surface area contributed by atoms with Crippen molar-refractivity contribution in [2.24, 2.45) is 0 Å². The number of hydrogen-bond donors (Lipinski definition) is 2. The molecule has 4 aromatic rings. The SMILES string of the molecule is CC(C)(C)c1cc(-c2nc3ncccn3c2Nc2ccccc2)cc(C(C)(C)C)c1O. The topological polar surface area (TPSA) is 62.5 Å². The number of nitrogens with one attached hydrogen (secondary N) is 1. The molecule has 2 heterocycles. The third kappa shape index (κ3) is 4.00. The van der Waals surface area contributed by atoms with Crippen LogP contribution in [0.3, 0.4) is 0 Å². The highest BCUT2D eigenvalue weighted by atomic mass is 16.3. The van der Waals surface area contributed by atoms with Crippen LogP contribution in [0.2, 0.25) is 0 Å². The van der Waals surface area contributed by atoms with Gasteiger partial charge in [-0.1, -0.05) is 59.7 Å². The normalized spacial score (nSPS) is 12.3. The number of phenols is 1. The number of nitrogens with zero attached hydrogens (tertiary/aromatic N) is 3. The molecule has 0 bridgehead atoms. The summed E-state index contributed by atoms with van der Waals surface area (Å²) >= 11 is 0. The molecule has 4 rings (SSSR count). The summed E-state index contributed by atoms with van der Waals surface area (Å²) in [7, 11) is 0. The Morgan fingerprint density at radius 2 is 1.48 bits per heavy atom. The van der Waals surface area contributed by atoms with Crippen molar-refractivity contribution >= 4 is 17.3 Å². The van der Waals surface area contributed by atoms with E-state index in [1.165, 1.54) is 0 Å². The van der Waals surface area contributed by atoms with Gasteiger partial charge in [0.25, 0.3) is 0 Å². The van der Waals surface area contributed by atoms with Gasteiger partial charge >= 0.3 is 0 Å². The van der Waals surface area contributed by atoms with E-state index >= 15 is 0 Å². The van der Waals surface area contributed by atoms with Gasteiger partial charge in [0, 0.05) is 34.8 Å². The molecule has 0 unspecified atom stereocenters. The number of para-hydroxylation sites is 1. The summed E-state index contributed by atoms with van der Waals surface area (Å²) in [6.45, 7) is 12.7. The predicted molar refractivity (Wildman–Crippen MR) is 127 cm³/mol. The summed E-state index contributed by atoms with van der Waals surface area (Å²) in [4.78, 5) is 9.31.